The van der Waals surface area contributed by atoms with Gasteiger partial charge in [0.05, 0.1) is 13.1 Å². The highest BCUT2D eigenvalue weighted by Gasteiger charge is 2.22. The number of benzene rings is 1. The Hall–Kier alpha value is -1.85. The maximum atomic E-state index is 12.1. The van der Waals surface area contributed by atoms with E-state index in [4.69, 9.17) is 9.15 Å². The van der Waals surface area contributed by atoms with E-state index >= 15 is 0 Å². The van der Waals surface area contributed by atoms with Gasteiger partial charge < -0.3 is 19.2 Å². The van der Waals surface area contributed by atoms with Crippen molar-refractivity contribution >= 4 is 11.0 Å². The van der Waals surface area contributed by atoms with Crippen molar-refractivity contribution in [2.75, 3.05) is 26.2 Å². The number of rotatable bonds is 5. The average Bonchev–Trinajstić information content (AvgIpc) is 3.12. The number of hydrogen-bond acceptors (Lipinski definition) is 4. The molecule has 2 heterocycles. The van der Waals surface area contributed by atoms with Crippen molar-refractivity contribution in [1.82, 2.24) is 0 Å². The fourth-order valence-electron chi connectivity index (χ4n) is 4.31. The molecule has 26 heavy (non-hydrogen) atoms. The first kappa shape index (κ1) is 17.6. The normalized spacial score (nSPS) is 23.8. The Morgan fingerprint density at radius 3 is 2.85 bits per heavy atom. The van der Waals surface area contributed by atoms with Crippen LogP contribution in [0.1, 0.15) is 37.3 Å². The molecule has 5 heteroatoms. The number of aryl methyl sites for hydroxylation is 1. The van der Waals surface area contributed by atoms with Gasteiger partial charge >= 0.3 is 5.63 Å². The van der Waals surface area contributed by atoms with E-state index in [1.165, 1.54) is 17.7 Å². The van der Waals surface area contributed by atoms with Crippen LogP contribution >= 0.6 is 0 Å². The molecular weight excluding hydrogens is 330 g/mol. The molecule has 0 bridgehead atoms. The van der Waals surface area contributed by atoms with Crippen LogP contribution in [0.3, 0.4) is 0 Å². The van der Waals surface area contributed by atoms with E-state index < -0.39 is 6.10 Å². The quantitative estimate of drug-likeness (QED) is 0.792. The van der Waals surface area contributed by atoms with Gasteiger partial charge in [0.15, 0.2) is 0 Å². The molecule has 0 radical (unpaired) electrons. The van der Waals surface area contributed by atoms with Crippen LogP contribution in [0.2, 0.25) is 0 Å². The zero-order valence-electron chi connectivity index (χ0n) is 15.4. The molecule has 2 aromatic rings. The second-order valence-corrected chi connectivity index (χ2v) is 7.96. The summed E-state index contributed by atoms with van der Waals surface area (Å²) in [4.78, 5) is 13.6. The number of likely N-dealkylation sites (tertiary alicyclic amines) is 1. The third-order valence-corrected chi connectivity index (χ3v) is 5.89. The Morgan fingerprint density at radius 1 is 1.27 bits per heavy atom. The summed E-state index contributed by atoms with van der Waals surface area (Å²) in [5.41, 5.74) is 2.33. The maximum Gasteiger partial charge on any atom is 0.339 e. The van der Waals surface area contributed by atoms with E-state index in [-0.39, 0.29) is 12.2 Å². The lowest BCUT2D eigenvalue weighted by Crippen LogP contribution is -3.14. The first-order valence-electron chi connectivity index (χ1n) is 9.83. The fraction of sp³-hybridized carbons (Fsp3) is 0.571. The number of hydrogen-bond donors (Lipinski definition) is 2. The third kappa shape index (κ3) is 3.64. The van der Waals surface area contributed by atoms with Crippen molar-refractivity contribution in [3.63, 3.8) is 0 Å². The molecule has 0 spiro atoms. The highest BCUT2D eigenvalue weighted by Crippen LogP contribution is 2.29. The van der Waals surface area contributed by atoms with Crippen molar-refractivity contribution in [1.29, 1.82) is 0 Å². The largest absolute Gasteiger partial charge is 0.491 e. The molecule has 5 nitrogen and oxygen atoms in total. The Balaban J connectivity index is 1.40. The predicted octanol–water partition coefficient (Wildman–Crippen LogP) is 1.34. The number of nitrogens with one attached hydrogen (secondary N) is 1. The van der Waals surface area contributed by atoms with E-state index in [0.29, 0.717) is 11.3 Å². The minimum atomic E-state index is -0.485. The molecular formula is C21H28NO4+. The fourth-order valence-corrected chi connectivity index (χ4v) is 4.31. The number of aliphatic hydroxyl groups is 1. The monoisotopic (exact) mass is 358 g/mol. The molecule has 140 valence electrons. The summed E-state index contributed by atoms with van der Waals surface area (Å²) >= 11 is 0. The van der Waals surface area contributed by atoms with Crippen LogP contribution in [0, 0.1) is 5.92 Å². The van der Waals surface area contributed by atoms with Gasteiger partial charge in [-0.1, -0.05) is 6.92 Å². The van der Waals surface area contributed by atoms with Crippen LogP contribution in [0.25, 0.3) is 11.0 Å². The van der Waals surface area contributed by atoms with Gasteiger partial charge in [0.25, 0.3) is 0 Å². The van der Waals surface area contributed by atoms with Crippen LogP contribution in [-0.4, -0.2) is 37.5 Å². The molecule has 2 N–H and O–H groups in total. The molecule has 0 saturated carbocycles. The van der Waals surface area contributed by atoms with Gasteiger partial charge in [0, 0.05) is 17.0 Å². The summed E-state index contributed by atoms with van der Waals surface area (Å²) in [6.07, 6.45) is 4.75. The van der Waals surface area contributed by atoms with Crippen LogP contribution in [0.5, 0.6) is 5.75 Å². The lowest BCUT2D eigenvalue weighted by atomic mass is 9.99. The number of fused-ring (bicyclic) bond motifs is 3. The van der Waals surface area contributed by atoms with E-state index in [1.54, 1.807) is 6.07 Å². The highest BCUT2D eigenvalue weighted by molar-refractivity contribution is 5.83. The Labute approximate surface area is 153 Å². The van der Waals surface area contributed by atoms with Crippen LogP contribution in [0.4, 0.5) is 0 Å². The maximum absolute atomic E-state index is 12.1. The lowest BCUT2D eigenvalue weighted by Gasteiger charge is -2.28. The molecule has 0 unspecified atom stereocenters. The van der Waals surface area contributed by atoms with Gasteiger partial charge in [-0.05, 0) is 55.7 Å². The lowest BCUT2D eigenvalue weighted by molar-refractivity contribution is -0.909. The number of quaternary nitrogens is 1. The van der Waals surface area contributed by atoms with Gasteiger partial charge in [-0.2, -0.15) is 0 Å². The summed E-state index contributed by atoms with van der Waals surface area (Å²) < 4.78 is 11.3. The zero-order chi connectivity index (χ0) is 18.1. The molecule has 1 aromatic heterocycles. The number of aliphatic hydroxyl groups excluding tert-OH is 1. The molecule has 1 fully saturated rings. The first-order valence-corrected chi connectivity index (χ1v) is 9.83. The molecule has 0 amide bonds. The second kappa shape index (κ2) is 7.41. The Bertz CT molecular complexity index is 836. The van der Waals surface area contributed by atoms with E-state index in [9.17, 15) is 9.90 Å². The van der Waals surface area contributed by atoms with Gasteiger partial charge in [0.2, 0.25) is 0 Å². The molecule has 1 aromatic carbocycles. The minimum absolute atomic E-state index is 0.217. The van der Waals surface area contributed by atoms with Crippen molar-refractivity contribution in [3.8, 4) is 5.75 Å². The van der Waals surface area contributed by atoms with Gasteiger partial charge in [-0.3, -0.25) is 0 Å². The van der Waals surface area contributed by atoms with Gasteiger partial charge in [0.1, 0.15) is 30.6 Å². The highest BCUT2D eigenvalue weighted by atomic mass is 16.5. The van der Waals surface area contributed by atoms with E-state index in [1.807, 2.05) is 12.1 Å². The topological polar surface area (TPSA) is 64.1 Å². The predicted molar refractivity (Wildman–Crippen MR) is 100.0 cm³/mol. The number of piperidine rings is 1. The Kier molecular flexibility index (Phi) is 5.00. The number of ether oxygens (including phenoxy) is 1. The molecule has 1 aliphatic heterocycles. The summed E-state index contributed by atoms with van der Waals surface area (Å²) in [6.45, 7) is 5.54. The van der Waals surface area contributed by atoms with Crippen LogP contribution < -0.4 is 15.3 Å². The van der Waals surface area contributed by atoms with Crippen molar-refractivity contribution in [3.05, 3.63) is 39.7 Å². The summed E-state index contributed by atoms with van der Waals surface area (Å²) in [7, 11) is 0. The molecule has 2 aliphatic rings. The minimum Gasteiger partial charge on any atom is -0.491 e. The molecule has 1 atom stereocenters. The molecule has 1 aliphatic carbocycles. The van der Waals surface area contributed by atoms with Crippen LogP contribution in [-0.2, 0) is 12.8 Å². The van der Waals surface area contributed by atoms with E-state index in [0.717, 1.165) is 61.3 Å². The third-order valence-electron chi connectivity index (χ3n) is 5.89. The zero-order valence-corrected chi connectivity index (χ0v) is 15.4. The van der Waals surface area contributed by atoms with Crippen molar-refractivity contribution in [2.24, 2.45) is 5.92 Å². The summed E-state index contributed by atoms with van der Waals surface area (Å²) in [5.74, 6) is 1.45. The van der Waals surface area contributed by atoms with Gasteiger partial charge in [-0.25, -0.2) is 4.79 Å². The standard InChI is InChI=1S/C21H27NO4/c1-14-7-9-22(10-8-14)12-15(23)13-25-16-5-6-18-17-3-2-4-19(17)21(24)26-20(18)11-16/h5-6,11,14-15,23H,2-4,7-10,12-13H2,1H3/p+1/t15-/m1/s1. The average molecular weight is 358 g/mol. The SMILES string of the molecule is CC1CC[NH+](C[C@@H](O)COc2ccc3c4c(c(=O)oc3c2)CCC4)CC1. The van der Waals surface area contributed by atoms with Crippen LogP contribution in [0.15, 0.2) is 27.4 Å². The Morgan fingerprint density at radius 2 is 2.04 bits per heavy atom. The van der Waals surface area contributed by atoms with Gasteiger partial charge in [-0.15, -0.1) is 0 Å². The molecule has 1 saturated heterocycles. The van der Waals surface area contributed by atoms with E-state index in [2.05, 4.69) is 6.92 Å². The molecule has 4 rings (SSSR count). The first-order chi connectivity index (χ1) is 12.6. The smallest absolute Gasteiger partial charge is 0.339 e. The van der Waals surface area contributed by atoms with Crippen molar-refractivity contribution in [2.45, 2.75) is 45.1 Å². The summed E-state index contributed by atoms with van der Waals surface area (Å²) in [5, 5.41) is 11.3. The summed E-state index contributed by atoms with van der Waals surface area (Å²) in [6, 6.07) is 5.65. The second-order valence-electron chi connectivity index (χ2n) is 7.96. The van der Waals surface area contributed by atoms with Crippen molar-refractivity contribution < 1.29 is 19.2 Å².